The molecule has 18 heavy (non-hydrogen) atoms. The first-order chi connectivity index (χ1) is 8.50. The summed E-state index contributed by atoms with van der Waals surface area (Å²) < 4.78 is 0.923. The van der Waals surface area contributed by atoms with Crippen LogP contribution in [0.25, 0.3) is 0 Å². The van der Waals surface area contributed by atoms with Crippen molar-refractivity contribution in [2.24, 2.45) is 0 Å². The van der Waals surface area contributed by atoms with Crippen molar-refractivity contribution in [3.63, 3.8) is 0 Å². The van der Waals surface area contributed by atoms with E-state index in [0.717, 1.165) is 23.1 Å². The lowest BCUT2D eigenvalue weighted by atomic mass is 9.92. The van der Waals surface area contributed by atoms with Crippen molar-refractivity contribution >= 4 is 21.7 Å². The van der Waals surface area contributed by atoms with Gasteiger partial charge in [0.05, 0.1) is 5.54 Å². The molecule has 1 saturated heterocycles. The standard InChI is InChI=1S/C14H19BrN2O/c1-14(2,17-5-3-4-6-17)13(18)8-11-7-12(15)10-16-9-11/h7,9-10H,3-6,8H2,1-2H3. The highest BCUT2D eigenvalue weighted by Crippen LogP contribution is 2.23. The molecule has 0 unspecified atom stereocenters. The summed E-state index contributed by atoms with van der Waals surface area (Å²) in [5.41, 5.74) is 0.611. The molecular weight excluding hydrogens is 292 g/mol. The molecule has 1 aromatic heterocycles. The number of pyridine rings is 1. The number of nitrogens with zero attached hydrogens (tertiary/aromatic N) is 2. The molecule has 4 heteroatoms. The van der Waals surface area contributed by atoms with Crippen molar-refractivity contribution < 1.29 is 4.79 Å². The highest BCUT2D eigenvalue weighted by Gasteiger charge is 2.35. The molecule has 3 nitrogen and oxygen atoms in total. The number of Topliss-reactive ketones (excluding diaryl/α,β-unsaturated/α-hetero) is 1. The Hall–Kier alpha value is -0.740. The molecule has 2 rings (SSSR count). The van der Waals surface area contributed by atoms with Crippen LogP contribution in [0, 0.1) is 0 Å². The molecule has 1 fully saturated rings. The van der Waals surface area contributed by atoms with Gasteiger partial charge >= 0.3 is 0 Å². The van der Waals surface area contributed by atoms with E-state index in [0.29, 0.717) is 6.42 Å². The Bertz CT molecular complexity index is 439. The molecule has 0 saturated carbocycles. The third-order valence-corrected chi connectivity index (χ3v) is 4.14. The number of carbonyl (C=O) groups excluding carboxylic acids is 1. The number of carbonyl (C=O) groups is 1. The summed E-state index contributed by atoms with van der Waals surface area (Å²) in [7, 11) is 0. The zero-order valence-electron chi connectivity index (χ0n) is 10.9. The first-order valence-corrected chi connectivity index (χ1v) is 7.17. The van der Waals surface area contributed by atoms with Crippen LogP contribution in [-0.2, 0) is 11.2 Å². The molecule has 2 heterocycles. The maximum atomic E-state index is 12.4. The van der Waals surface area contributed by atoms with Crippen LogP contribution in [0.5, 0.6) is 0 Å². The second-order valence-electron chi connectivity index (χ2n) is 5.36. The Morgan fingerprint density at radius 1 is 1.39 bits per heavy atom. The van der Waals surface area contributed by atoms with Gasteiger partial charge in [-0.1, -0.05) is 0 Å². The van der Waals surface area contributed by atoms with E-state index < -0.39 is 0 Å². The Balaban J connectivity index is 2.06. The molecule has 1 aromatic rings. The van der Waals surface area contributed by atoms with E-state index in [1.165, 1.54) is 12.8 Å². The van der Waals surface area contributed by atoms with Crippen LogP contribution in [0.2, 0.25) is 0 Å². The fraction of sp³-hybridized carbons (Fsp3) is 0.571. The highest BCUT2D eigenvalue weighted by atomic mass is 79.9. The molecule has 0 bridgehead atoms. The summed E-state index contributed by atoms with van der Waals surface area (Å²) in [4.78, 5) is 18.8. The number of likely N-dealkylation sites (tertiary alicyclic amines) is 1. The molecule has 0 radical (unpaired) electrons. The summed E-state index contributed by atoms with van der Waals surface area (Å²) in [6, 6.07) is 1.96. The molecule has 1 aliphatic heterocycles. The topological polar surface area (TPSA) is 33.2 Å². The van der Waals surface area contributed by atoms with Crippen molar-refractivity contribution in [3.05, 3.63) is 28.5 Å². The van der Waals surface area contributed by atoms with Crippen molar-refractivity contribution in [1.82, 2.24) is 9.88 Å². The summed E-state index contributed by atoms with van der Waals surface area (Å²) in [5.74, 6) is 0.268. The van der Waals surface area contributed by atoms with E-state index in [4.69, 9.17) is 0 Å². The highest BCUT2D eigenvalue weighted by molar-refractivity contribution is 9.10. The zero-order valence-corrected chi connectivity index (χ0v) is 12.5. The monoisotopic (exact) mass is 310 g/mol. The largest absolute Gasteiger partial charge is 0.297 e. The summed E-state index contributed by atoms with van der Waals surface area (Å²) in [6.07, 6.45) is 6.36. The quantitative estimate of drug-likeness (QED) is 0.857. The second-order valence-corrected chi connectivity index (χ2v) is 6.28. The average molecular weight is 311 g/mol. The Labute approximate surface area is 117 Å². The van der Waals surface area contributed by atoms with Crippen molar-refractivity contribution in [2.45, 2.75) is 38.6 Å². The van der Waals surface area contributed by atoms with Crippen LogP contribution < -0.4 is 0 Å². The van der Waals surface area contributed by atoms with Crippen LogP contribution in [0.3, 0.4) is 0 Å². The molecule has 0 aromatic carbocycles. The lowest BCUT2D eigenvalue weighted by Crippen LogP contribution is -2.49. The van der Waals surface area contributed by atoms with Crippen molar-refractivity contribution in [3.8, 4) is 0 Å². The fourth-order valence-electron chi connectivity index (χ4n) is 2.41. The van der Waals surface area contributed by atoms with Crippen LogP contribution >= 0.6 is 15.9 Å². The maximum absolute atomic E-state index is 12.4. The van der Waals surface area contributed by atoms with E-state index in [2.05, 4.69) is 25.8 Å². The number of aromatic nitrogens is 1. The number of hydrogen-bond acceptors (Lipinski definition) is 3. The van der Waals surface area contributed by atoms with Crippen LogP contribution in [-0.4, -0.2) is 34.3 Å². The molecule has 0 N–H and O–H groups in total. The van der Waals surface area contributed by atoms with Gasteiger partial charge in [0.2, 0.25) is 0 Å². The van der Waals surface area contributed by atoms with E-state index in [9.17, 15) is 4.79 Å². The zero-order chi connectivity index (χ0) is 13.2. The lowest BCUT2D eigenvalue weighted by molar-refractivity contribution is -0.128. The summed E-state index contributed by atoms with van der Waals surface area (Å²) in [5, 5.41) is 0. The van der Waals surface area contributed by atoms with Gasteiger partial charge in [0.25, 0.3) is 0 Å². The van der Waals surface area contributed by atoms with Gasteiger partial charge in [0, 0.05) is 23.3 Å². The number of ketones is 1. The second kappa shape index (κ2) is 5.49. The molecule has 0 aliphatic carbocycles. The van der Waals surface area contributed by atoms with Gasteiger partial charge in [-0.3, -0.25) is 14.7 Å². The average Bonchev–Trinajstić information content (AvgIpc) is 2.82. The SMILES string of the molecule is CC(C)(C(=O)Cc1cncc(Br)c1)N1CCCC1. The Morgan fingerprint density at radius 2 is 2.06 bits per heavy atom. The maximum Gasteiger partial charge on any atom is 0.156 e. The predicted octanol–water partition coefficient (Wildman–Crippen LogP) is 2.83. The molecular formula is C14H19BrN2O. The summed E-state index contributed by atoms with van der Waals surface area (Å²) >= 11 is 3.38. The van der Waals surface area contributed by atoms with Gasteiger partial charge in [-0.15, -0.1) is 0 Å². The van der Waals surface area contributed by atoms with Crippen LogP contribution in [0.15, 0.2) is 22.9 Å². The molecule has 0 spiro atoms. The minimum atomic E-state index is -0.362. The van der Waals surface area contributed by atoms with Crippen molar-refractivity contribution in [2.75, 3.05) is 13.1 Å². The van der Waals surface area contributed by atoms with E-state index >= 15 is 0 Å². The minimum absolute atomic E-state index is 0.268. The minimum Gasteiger partial charge on any atom is -0.297 e. The van der Waals surface area contributed by atoms with E-state index in [1.807, 2.05) is 19.9 Å². The van der Waals surface area contributed by atoms with Gasteiger partial charge in [-0.05, 0) is 67.3 Å². The Morgan fingerprint density at radius 3 is 2.67 bits per heavy atom. The molecule has 98 valence electrons. The number of hydrogen-bond donors (Lipinski definition) is 0. The molecule has 0 amide bonds. The van der Waals surface area contributed by atoms with E-state index in [-0.39, 0.29) is 11.3 Å². The Kier molecular flexibility index (Phi) is 4.17. The first kappa shape index (κ1) is 13.7. The molecule has 1 aliphatic rings. The molecule has 0 atom stereocenters. The number of halogens is 1. The van der Waals surface area contributed by atoms with Gasteiger partial charge < -0.3 is 0 Å². The van der Waals surface area contributed by atoms with E-state index in [1.54, 1.807) is 12.4 Å². The van der Waals surface area contributed by atoms with Crippen LogP contribution in [0.4, 0.5) is 0 Å². The van der Waals surface area contributed by atoms with Gasteiger partial charge in [0.1, 0.15) is 0 Å². The third kappa shape index (κ3) is 2.98. The smallest absolute Gasteiger partial charge is 0.156 e. The van der Waals surface area contributed by atoms with Gasteiger partial charge in [0.15, 0.2) is 5.78 Å². The third-order valence-electron chi connectivity index (χ3n) is 3.71. The fourth-order valence-corrected chi connectivity index (χ4v) is 2.82. The number of rotatable bonds is 4. The van der Waals surface area contributed by atoms with Crippen LogP contribution in [0.1, 0.15) is 32.3 Å². The lowest BCUT2D eigenvalue weighted by Gasteiger charge is -2.33. The van der Waals surface area contributed by atoms with Crippen molar-refractivity contribution in [1.29, 1.82) is 0 Å². The summed E-state index contributed by atoms with van der Waals surface area (Å²) in [6.45, 7) is 6.14. The van der Waals surface area contributed by atoms with Gasteiger partial charge in [-0.25, -0.2) is 0 Å². The normalized spacial score (nSPS) is 17.1. The predicted molar refractivity (Wildman–Crippen MR) is 75.5 cm³/mol. The van der Waals surface area contributed by atoms with Gasteiger partial charge in [-0.2, -0.15) is 0 Å². The first-order valence-electron chi connectivity index (χ1n) is 6.38.